The second kappa shape index (κ2) is 10.1. The standard InChI is InChI=1S/C16H32O4Si/c1-6-7-8-9-10-11-13(20-21-16(3,4)5)14(17)12(2)15(18)19/h10-14,17H,6-9,21H2,1-5H3,(H,18,19)/t12?,13-,14+/m0/s1. The van der Waals surface area contributed by atoms with E-state index in [-0.39, 0.29) is 5.04 Å². The third-order valence-electron chi connectivity index (χ3n) is 3.25. The summed E-state index contributed by atoms with van der Waals surface area (Å²) in [5.41, 5.74) is 0. The van der Waals surface area contributed by atoms with E-state index in [0.29, 0.717) is 0 Å². The minimum absolute atomic E-state index is 0.112. The van der Waals surface area contributed by atoms with Gasteiger partial charge in [-0.05, 0) is 24.8 Å². The molecule has 0 amide bonds. The summed E-state index contributed by atoms with van der Waals surface area (Å²) in [6.45, 7) is 9.99. The van der Waals surface area contributed by atoms with Gasteiger partial charge < -0.3 is 14.6 Å². The van der Waals surface area contributed by atoms with Gasteiger partial charge in [-0.15, -0.1) is 0 Å². The lowest BCUT2D eigenvalue weighted by Gasteiger charge is -2.27. The van der Waals surface area contributed by atoms with Crippen LogP contribution >= 0.6 is 0 Å². The molecule has 4 nitrogen and oxygen atoms in total. The summed E-state index contributed by atoms with van der Waals surface area (Å²) in [7, 11) is -0.845. The zero-order valence-electron chi connectivity index (χ0n) is 14.1. The molecular weight excluding hydrogens is 284 g/mol. The highest BCUT2D eigenvalue weighted by Crippen LogP contribution is 2.23. The van der Waals surface area contributed by atoms with E-state index in [9.17, 15) is 9.90 Å². The fourth-order valence-corrected chi connectivity index (χ4v) is 2.79. The molecule has 0 aliphatic heterocycles. The van der Waals surface area contributed by atoms with Crippen LogP contribution in [0.1, 0.15) is 60.3 Å². The van der Waals surface area contributed by atoms with Gasteiger partial charge in [-0.1, -0.05) is 52.7 Å². The van der Waals surface area contributed by atoms with E-state index < -0.39 is 33.9 Å². The summed E-state index contributed by atoms with van der Waals surface area (Å²) in [6.07, 6.45) is 6.75. The van der Waals surface area contributed by atoms with Crippen LogP contribution in [0, 0.1) is 5.92 Å². The molecule has 0 rings (SSSR count). The molecule has 0 saturated heterocycles. The first kappa shape index (κ1) is 20.3. The maximum Gasteiger partial charge on any atom is 0.308 e. The summed E-state index contributed by atoms with van der Waals surface area (Å²) in [4.78, 5) is 11.0. The Balaban J connectivity index is 4.63. The molecule has 5 heteroatoms. The van der Waals surface area contributed by atoms with Crippen LogP contribution in [0.2, 0.25) is 5.04 Å². The zero-order valence-corrected chi connectivity index (χ0v) is 15.5. The topological polar surface area (TPSA) is 66.8 Å². The molecule has 2 N–H and O–H groups in total. The zero-order chi connectivity index (χ0) is 16.5. The van der Waals surface area contributed by atoms with Gasteiger partial charge in [-0.2, -0.15) is 0 Å². The molecule has 1 unspecified atom stereocenters. The molecule has 0 aliphatic carbocycles. The fraction of sp³-hybridized carbons (Fsp3) is 0.812. The normalized spacial score (nSPS) is 17.4. The summed E-state index contributed by atoms with van der Waals surface area (Å²) < 4.78 is 5.88. The van der Waals surface area contributed by atoms with Gasteiger partial charge in [0.25, 0.3) is 0 Å². The third kappa shape index (κ3) is 9.82. The second-order valence-electron chi connectivity index (χ2n) is 6.88. The van der Waals surface area contributed by atoms with E-state index in [4.69, 9.17) is 9.53 Å². The fourth-order valence-electron chi connectivity index (χ4n) is 1.79. The summed E-state index contributed by atoms with van der Waals surface area (Å²) in [5.74, 6) is -1.82. The van der Waals surface area contributed by atoms with Crippen LogP contribution in [0.3, 0.4) is 0 Å². The van der Waals surface area contributed by atoms with Crippen molar-refractivity contribution in [3.8, 4) is 0 Å². The van der Waals surface area contributed by atoms with Crippen molar-refractivity contribution in [1.82, 2.24) is 0 Å². The van der Waals surface area contributed by atoms with Crippen LogP contribution in [0.25, 0.3) is 0 Å². The number of rotatable bonds is 10. The van der Waals surface area contributed by atoms with Gasteiger partial charge in [0.15, 0.2) is 9.76 Å². The molecule has 0 radical (unpaired) electrons. The molecular formula is C16H32O4Si. The Bertz CT molecular complexity index is 323. The van der Waals surface area contributed by atoms with Crippen LogP contribution in [-0.2, 0) is 9.22 Å². The van der Waals surface area contributed by atoms with Crippen LogP contribution < -0.4 is 0 Å². The summed E-state index contributed by atoms with van der Waals surface area (Å²) >= 11 is 0. The molecule has 0 saturated carbocycles. The monoisotopic (exact) mass is 316 g/mol. The summed E-state index contributed by atoms with van der Waals surface area (Å²) in [6, 6.07) is 0. The Morgan fingerprint density at radius 2 is 1.95 bits per heavy atom. The van der Waals surface area contributed by atoms with E-state index >= 15 is 0 Å². The number of aliphatic hydroxyl groups is 1. The first-order valence-electron chi connectivity index (χ1n) is 7.88. The lowest BCUT2D eigenvalue weighted by atomic mass is 9.99. The predicted molar refractivity (Wildman–Crippen MR) is 89.2 cm³/mol. The molecule has 124 valence electrons. The SMILES string of the molecule is CCCCCC=C[C@H](O[SiH2]C(C)(C)C)[C@H](O)C(C)C(=O)O. The molecule has 0 spiro atoms. The number of hydrogen-bond donors (Lipinski definition) is 2. The van der Waals surface area contributed by atoms with E-state index in [2.05, 4.69) is 27.7 Å². The average molecular weight is 317 g/mol. The van der Waals surface area contributed by atoms with Crippen LogP contribution in [0.15, 0.2) is 12.2 Å². The van der Waals surface area contributed by atoms with E-state index in [1.54, 1.807) is 0 Å². The minimum atomic E-state index is -1.00. The molecule has 0 aromatic heterocycles. The predicted octanol–water partition coefficient (Wildman–Crippen LogP) is 2.89. The summed E-state index contributed by atoms with van der Waals surface area (Å²) in [5, 5.41) is 19.4. The van der Waals surface area contributed by atoms with Gasteiger partial charge in [0, 0.05) is 0 Å². The van der Waals surface area contributed by atoms with Gasteiger partial charge in [0.05, 0.1) is 18.1 Å². The van der Waals surface area contributed by atoms with Gasteiger partial charge in [0.1, 0.15) is 0 Å². The minimum Gasteiger partial charge on any atom is -0.481 e. The first-order valence-corrected chi connectivity index (χ1v) is 9.16. The molecule has 0 aliphatic rings. The maximum atomic E-state index is 11.0. The smallest absolute Gasteiger partial charge is 0.308 e. The Kier molecular flexibility index (Phi) is 9.82. The largest absolute Gasteiger partial charge is 0.481 e. The Morgan fingerprint density at radius 3 is 2.43 bits per heavy atom. The highest BCUT2D eigenvalue weighted by atomic mass is 28.2. The highest BCUT2D eigenvalue weighted by Gasteiger charge is 2.29. The molecule has 0 fully saturated rings. The van der Waals surface area contributed by atoms with Crippen molar-refractivity contribution in [2.24, 2.45) is 5.92 Å². The first-order chi connectivity index (χ1) is 9.69. The van der Waals surface area contributed by atoms with Crippen molar-refractivity contribution in [2.75, 3.05) is 0 Å². The van der Waals surface area contributed by atoms with Gasteiger partial charge in [-0.25, -0.2) is 0 Å². The van der Waals surface area contributed by atoms with Gasteiger partial charge in [0.2, 0.25) is 0 Å². The van der Waals surface area contributed by atoms with Crippen molar-refractivity contribution >= 4 is 15.7 Å². The lowest BCUT2D eigenvalue weighted by molar-refractivity contribution is -0.146. The van der Waals surface area contributed by atoms with Crippen molar-refractivity contribution in [2.45, 2.75) is 77.5 Å². The lowest BCUT2D eigenvalue weighted by Crippen LogP contribution is -2.38. The number of unbranched alkanes of at least 4 members (excludes halogenated alkanes) is 3. The van der Waals surface area contributed by atoms with Crippen molar-refractivity contribution in [3.05, 3.63) is 12.2 Å². The highest BCUT2D eigenvalue weighted by molar-refractivity contribution is 6.31. The number of aliphatic carboxylic acids is 1. The van der Waals surface area contributed by atoms with Gasteiger partial charge in [-0.3, -0.25) is 4.79 Å². The number of allylic oxidation sites excluding steroid dienone is 1. The van der Waals surface area contributed by atoms with Crippen LogP contribution in [0.5, 0.6) is 0 Å². The molecule has 21 heavy (non-hydrogen) atoms. The number of hydrogen-bond acceptors (Lipinski definition) is 3. The molecule has 3 atom stereocenters. The maximum absolute atomic E-state index is 11.0. The van der Waals surface area contributed by atoms with E-state index in [1.807, 2.05) is 12.2 Å². The van der Waals surface area contributed by atoms with Crippen molar-refractivity contribution < 1.29 is 19.4 Å². The van der Waals surface area contributed by atoms with Crippen LogP contribution in [-0.4, -0.2) is 38.2 Å². The Labute approximate surface area is 131 Å². The Morgan fingerprint density at radius 1 is 1.33 bits per heavy atom. The molecule has 0 aromatic rings. The van der Waals surface area contributed by atoms with Gasteiger partial charge >= 0.3 is 5.97 Å². The van der Waals surface area contributed by atoms with Crippen molar-refractivity contribution in [1.29, 1.82) is 0 Å². The van der Waals surface area contributed by atoms with E-state index in [1.165, 1.54) is 19.8 Å². The number of carboxylic acid groups (broad SMARTS) is 1. The number of carbonyl (C=O) groups is 1. The quantitative estimate of drug-likeness (QED) is 0.369. The number of aliphatic hydroxyl groups excluding tert-OH is 1. The molecule has 0 aromatic carbocycles. The molecule has 0 heterocycles. The molecule has 0 bridgehead atoms. The number of carboxylic acids is 1. The third-order valence-corrected chi connectivity index (χ3v) is 4.66. The Hall–Kier alpha value is -0.653. The van der Waals surface area contributed by atoms with E-state index in [0.717, 1.165) is 12.8 Å². The van der Waals surface area contributed by atoms with Crippen LogP contribution in [0.4, 0.5) is 0 Å². The second-order valence-corrected chi connectivity index (χ2v) is 9.62. The average Bonchev–Trinajstić information content (AvgIpc) is 2.39. The van der Waals surface area contributed by atoms with Crippen molar-refractivity contribution in [3.63, 3.8) is 0 Å².